The molecular formula is C16H14Br2O3. The summed E-state index contributed by atoms with van der Waals surface area (Å²) in [6.07, 6.45) is 0. The van der Waals surface area contributed by atoms with Crippen LogP contribution < -0.4 is 9.47 Å². The van der Waals surface area contributed by atoms with Crippen molar-refractivity contribution in [1.82, 2.24) is 0 Å². The average molecular weight is 414 g/mol. The van der Waals surface area contributed by atoms with E-state index >= 15 is 0 Å². The largest absolute Gasteiger partial charge is 0.496 e. The molecule has 5 heteroatoms. The Hall–Kier alpha value is -1.33. The van der Waals surface area contributed by atoms with E-state index in [1.165, 1.54) is 0 Å². The number of hydrogen-bond donors (Lipinski definition) is 0. The Kier molecular flexibility index (Phi) is 5.06. The number of carbonyl (C=O) groups is 1. The van der Waals surface area contributed by atoms with Crippen molar-refractivity contribution < 1.29 is 14.3 Å². The second kappa shape index (κ2) is 6.62. The lowest BCUT2D eigenvalue weighted by Gasteiger charge is -2.12. The van der Waals surface area contributed by atoms with Crippen LogP contribution in [0.2, 0.25) is 0 Å². The number of methoxy groups -OCH3 is 2. The fraction of sp³-hybridized carbons (Fsp3) is 0.188. The molecule has 0 aliphatic rings. The number of hydrogen-bond acceptors (Lipinski definition) is 3. The summed E-state index contributed by atoms with van der Waals surface area (Å²) in [6.45, 7) is 1.95. The van der Waals surface area contributed by atoms with Gasteiger partial charge in [0, 0.05) is 8.95 Å². The van der Waals surface area contributed by atoms with Gasteiger partial charge in [0.25, 0.3) is 0 Å². The zero-order chi connectivity index (χ0) is 15.6. The summed E-state index contributed by atoms with van der Waals surface area (Å²) in [7, 11) is 3.10. The molecule has 0 atom stereocenters. The topological polar surface area (TPSA) is 35.5 Å². The number of ether oxygens (including phenoxy) is 2. The van der Waals surface area contributed by atoms with E-state index < -0.39 is 0 Å². The monoisotopic (exact) mass is 412 g/mol. The summed E-state index contributed by atoms with van der Waals surface area (Å²) in [5.74, 6) is 0.927. The first-order valence-corrected chi connectivity index (χ1v) is 7.79. The smallest absolute Gasteiger partial charge is 0.200 e. The molecule has 0 aliphatic carbocycles. The highest BCUT2D eigenvalue weighted by Gasteiger charge is 2.19. The lowest BCUT2D eigenvalue weighted by molar-refractivity contribution is 0.103. The quantitative estimate of drug-likeness (QED) is 0.677. The van der Waals surface area contributed by atoms with Gasteiger partial charge in [0.2, 0.25) is 5.78 Å². The maximum Gasteiger partial charge on any atom is 0.200 e. The third-order valence-corrected chi connectivity index (χ3v) is 4.48. The second-order valence-electron chi connectivity index (χ2n) is 4.48. The van der Waals surface area contributed by atoms with Crippen LogP contribution in [0.4, 0.5) is 0 Å². The molecule has 0 saturated heterocycles. The van der Waals surface area contributed by atoms with Gasteiger partial charge >= 0.3 is 0 Å². The molecule has 0 bridgehead atoms. The zero-order valence-electron chi connectivity index (χ0n) is 11.9. The van der Waals surface area contributed by atoms with Crippen LogP contribution in [0.3, 0.4) is 0 Å². The van der Waals surface area contributed by atoms with Crippen LogP contribution >= 0.6 is 31.9 Å². The number of rotatable bonds is 4. The molecule has 0 fully saturated rings. The lowest BCUT2D eigenvalue weighted by Crippen LogP contribution is -2.06. The Labute approximate surface area is 140 Å². The first-order valence-electron chi connectivity index (χ1n) is 6.20. The highest BCUT2D eigenvalue weighted by Crippen LogP contribution is 2.32. The molecule has 110 valence electrons. The molecule has 0 spiro atoms. The fourth-order valence-corrected chi connectivity index (χ4v) is 2.68. The van der Waals surface area contributed by atoms with Gasteiger partial charge in [-0.15, -0.1) is 0 Å². The van der Waals surface area contributed by atoms with Crippen LogP contribution in [0.15, 0.2) is 39.3 Å². The van der Waals surface area contributed by atoms with Crippen molar-refractivity contribution in [3.05, 3.63) is 56.0 Å². The Morgan fingerprint density at radius 3 is 2.19 bits per heavy atom. The standard InChI is InChI=1S/C16H14Br2O3/c1-9-6-14(20-2)12(8-13(9)18)16(19)11-5-4-10(17)7-15(11)21-3/h4-8H,1-3H3. The van der Waals surface area contributed by atoms with Gasteiger partial charge in [-0.1, -0.05) is 31.9 Å². The van der Waals surface area contributed by atoms with Gasteiger partial charge in [-0.25, -0.2) is 0 Å². The minimum atomic E-state index is -0.142. The van der Waals surface area contributed by atoms with Crippen LogP contribution in [0.1, 0.15) is 21.5 Å². The van der Waals surface area contributed by atoms with Gasteiger partial charge in [0.05, 0.1) is 25.3 Å². The Morgan fingerprint density at radius 1 is 0.952 bits per heavy atom. The number of aryl methyl sites for hydroxylation is 1. The molecule has 21 heavy (non-hydrogen) atoms. The number of halogens is 2. The Bertz CT molecular complexity index is 696. The summed E-state index contributed by atoms with van der Waals surface area (Å²) in [5.41, 5.74) is 2.00. The van der Waals surface area contributed by atoms with Gasteiger partial charge in [0.1, 0.15) is 11.5 Å². The molecule has 0 amide bonds. The second-order valence-corrected chi connectivity index (χ2v) is 6.25. The van der Waals surface area contributed by atoms with Crippen molar-refractivity contribution in [1.29, 1.82) is 0 Å². The summed E-state index contributed by atoms with van der Waals surface area (Å²) in [4.78, 5) is 12.8. The molecule has 0 saturated carbocycles. The molecular weight excluding hydrogens is 400 g/mol. The highest BCUT2D eigenvalue weighted by molar-refractivity contribution is 9.10. The van der Waals surface area contributed by atoms with Gasteiger partial charge in [-0.3, -0.25) is 4.79 Å². The number of ketones is 1. The number of benzene rings is 2. The van der Waals surface area contributed by atoms with E-state index in [1.807, 2.05) is 19.1 Å². The minimum Gasteiger partial charge on any atom is -0.496 e. The number of carbonyl (C=O) groups excluding carboxylic acids is 1. The van der Waals surface area contributed by atoms with Crippen molar-refractivity contribution in [3.63, 3.8) is 0 Å². The van der Waals surface area contributed by atoms with Crippen LogP contribution in [0, 0.1) is 6.92 Å². The SMILES string of the molecule is COc1cc(Br)ccc1C(=O)c1cc(Br)c(C)cc1OC. The van der Waals surface area contributed by atoms with Crippen molar-refractivity contribution >= 4 is 37.6 Å². The van der Waals surface area contributed by atoms with E-state index in [1.54, 1.807) is 32.4 Å². The predicted molar refractivity (Wildman–Crippen MR) is 89.6 cm³/mol. The summed E-state index contributed by atoms with van der Waals surface area (Å²) in [6, 6.07) is 8.92. The first kappa shape index (κ1) is 16.0. The van der Waals surface area contributed by atoms with Gasteiger partial charge in [-0.2, -0.15) is 0 Å². The maximum absolute atomic E-state index is 12.8. The van der Waals surface area contributed by atoms with Crippen LogP contribution in [-0.4, -0.2) is 20.0 Å². The van der Waals surface area contributed by atoms with E-state index in [0.29, 0.717) is 22.6 Å². The molecule has 0 unspecified atom stereocenters. The summed E-state index contributed by atoms with van der Waals surface area (Å²) < 4.78 is 12.3. The van der Waals surface area contributed by atoms with Gasteiger partial charge in [0.15, 0.2) is 0 Å². The maximum atomic E-state index is 12.8. The molecule has 0 radical (unpaired) electrons. The lowest BCUT2D eigenvalue weighted by atomic mass is 10.0. The predicted octanol–water partition coefficient (Wildman–Crippen LogP) is 4.77. The highest BCUT2D eigenvalue weighted by atomic mass is 79.9. The van der Waals surface area contributed by atoms with Crippen molar-refractivity contribution in [2.24, 2.45) is 0 Å². The zero-order valence-corrected chi connectivity index (χ0v) is 15.0. The van der Waals surface area contributed by atoms with E-state index in [-0.39, 0.29) is 5.78 Å². The molecule has 2 aromatic rings. The molecule has 0 heterocycles. The molecule has 2 aromatic carbocycles. The molecule has 0 N–H and O–H groups in total. The molecule has 0 aliphatic heterocycles. The third-order valence-electron chi connectivity index (χ3n) is 3.13. The van der Waals surface area contributed by atoms with Crippen molar-refractivity contribution in [3.8, 4) is 11.5 Å². The van der Waals surface area contributed by atoms with Crippen LogP contribution in [-0.2, 0) is 0 Å². The van der Waals surface area contributed by atoms with E-state index in [0.717, 1.165) is 14.5 Å². The minimum absolute atomic E-state index is 0.142. The molecule has 3 nitrogen and oxygen atoms in total. The normalized spacial score (nSPS) is 10.3. The van der Waals surface area contributed by atoms with E-state index in [2.05, 4.69) is 31.9 Å². The van der Waals surface area contributed by atoms with Gasteiger partial charge < -0.3 is 9.47 Å². The first-order chi connectivity index (χ1) is 9.97. The molecule has 2 rings (SSSR count). The fourth-order valence-electron chi connectivity index (χ4n) is 2.00. The van der Waals surface area contributed by atoms with Crippen LogP contribution in [0.5, 0.6) is 11.5 Å². The van der Waals surface area contributed by atoms with Crippen molar-refractivity contribution in [2.45, 2.75) is 6.92 Å². The summed E-state index contributed by atoms with van der Waals surface area (Å²) in [5, 5.41) is 0. The van der Waals surface area contributed by atoms with E-state index in [4.69, 9.17) is 9.47 Å². The Balaban J connectivity index is 2.57. The van der Waals surface area contributed by atoms with Crippen LogP contribution in [0.25, 0.3) is 0 Å². The summed E-state index contributed by atoms with van der Waals surface area (Å²) >= 11 is 6.82. The van der Waals surface area contributed by atoms with E-state index in [9.17, 15) is 4.79 Å². The average Bonchev–Trinajstić information content (AvgIpc) is 2.48. The van der Waals surface area contributed by atoms with Crippen molar-refractivity contribution in [2.75, 3.05) is 14.2 Å². The Morgan fingerprint density at radius 2 is 1.57 bits per heavy atom. The molecule has 0 aromatic heterocycles. The van der Waals surface area contributed by atoms with Gasteiger partial charge in [-0.05, 0) is 42.8 Å². The third kappa shape index (κ3) is 3.30.